The second-order valence-corrected chi connectivity index (χ2v) is 4.10. The van der Waals surface area contributed by atoms with Gasteiger partial charge in [-0.2, -0.15) is 0 Å². The van der Waals surface area contributed by atoms with Gasteiger partial charge in [0.25, 0.3) is 5.91 Å². The molecular weight excluding hydrogens is 224 g/mol. The molecule has 0 radical (unpaired) electrons. The van der Waals surface area contributed by atoms with Crippen molar-refractivity contribution >= 4 is 23.2 Å². The van der Waals surface area contributed by atoms with Gasteiger partial charge in [0.1, 0.15) is 0 Å². The molecule has 0 aliphatic rings. The van der Waals surface area contributed by atoms with E-state index in [-0.39, 0.29) is 5.91 Å². The molecule has 1 amide bonds. The molecule has 16 heavy (non-hydrogen) atoms. The Bertz CT molecular complexity index is 423. The molecular formula is C12H15ClN2O. The summed E-state index contributed by atoms with van der Waals surface area (Å²) < 4.78 is 0. The van der Waals surface area contributed by atoms with Crippen LogP contribution in [0.5, 0.6) is 0 Å². The Morgan fingerprint density at radius 1 is 1.50 bits per heavy atom. The predicted octanol–water partition coefficient (Wildman–Crippen LogP) is 2.62. The molecule has 1 rings (SSSR count). The second-order valence-electron chi connectivity index (χ2n) is 3.69. The first kappa shape index (κ1) is 12.6. The first-order valence-electron chi connectivity index (χ1n) is 4.98. The van der Waals surface area contributed by atoms with Crippen LogP contribution in [-0.4, -0.2) is 12.5 Å². The minimum absolute atomic E-state index is 0.211. The first-order chi connectivity index (χ1) is 7.52. The molecule has 0 fully saturated rings. The monoisotopic (exact) mass is 238 g/mol. The first-order valence-corrected chi connectivity index (χ1v) is 5.35. The lowest BCUT2D eigenvalue weighted by Gasteiger charge is -2.06. The average Bonchev–Trinajstić information content (AvgIpc) is 2.21. The van der Waals surface area contributed by atoms with Crippen LogP contribution in [0.1, 0.15) is 24.2 Å². The van der Waals surface area contributed by atoms with Crippen molar-refractivity contribution < 1.29 is 4.79 Å². The van der Waals surface area contributed by atoms with E-state index in [1.807, 2.05) is 19.9 Å². The molecule has 3 nitrogen and oxygen atoms in total. The van der Waals surface area contributed by atoms with Crippen molar-refractivity contribution in [3.8, 4) is 0 Å². The molecule has 0 saturated carbocycles. The summed E-state index contributed by atoms with van der Waals surface area (Å²) in [6.45, 7) is 4.44. The number of carbonyl (C=O) groups is 1. The number of halogens is 1. The van der Waals surface area contributed by atoms with Crippen molar-refractivity contribution in [2.45, 2.75) is 13.8 Å². The van der Waals surface area contributed by atoms with E-state index in [9.17, 15) is 4.79 Å². The molecule has 86 valence electrons. The molecule has 0 spiro atoms. The number of para-hydroxylation sites is 1. The van der Waals surface area contributed by atoms with Crippen LogP contribution in [0.25, 0.3) is 0 Å². The molecule has 0 aliphatic heterocycles. The fraction of sp³-hybridized carbons (Fsp3) is 0.250. The summed E-state index contributed by atoms with van der Waals surface area (Å²) in [7, 11) is 0. The number of allylic oxidation sites excluding steroid dienone is 1. The Morgan fingerprint density at radius 2 is 2.19 bits per heavy atom. The number of amides is 1. The highest BCUT2D eigenvalue weighted by atomic mass is 35.5. The number of nitrogen functional groups attached to an aromatic ring is 1. The summed E-state index contributed by atoms with van der Waals surface area (Å²) in [5.74, 6) is -0.211. The number of rotatable bonds is 3. The third-order valence-electron chi connectivity index (χ3n) is 2.07. The van der Waals surface area contributed by atoms with Crippen LogP contribution in [-0.2, 0) is 0 Å². The fourth-order valence-electron chi connectivity index (χ4n) is 1.18. The number of anilines is 1. The van der Waals surface area contributed by atoms with Crippen LogP contribution in [0.15, 0.2) is 29.8 Å². The summed E-state index contributed by atoms with van der Waals surface area (Å²) in [6.07, 6.45) is 1.93. The zero-order valence-electron chi connectivity index (χ0n) is 9.38. The molecule has 4 heteroatoms. The number of hydrogen-bond acceptors (Lipinski definition) is 2. The topological polar surface area (TPSA) is 55.1 Å². The van der Waals surface area contributed by atoms with Gasteiger partial charge in [-0.1, -0.05) is 29.3 Å². The Labute approximate surface area is 100 Å². The van der Waals surface area contributed by atoms with E-state index in [0.29, 0.717) is 22.8 Å². The smallest absolute Gasteiger partial charge is 0.253 e. The van der Waals surface area contributed by atoms with E-state index >= 15 is 0 Å². The number of nitrogens with one attached hydrogen (secondary N) is 1. The molecule has 0 aliphatic carbocycles. The minimum Gasteiger partial charge on any atom is -0.397 e. The van der Waals surface area contributed by atoms with Gasteiger partial charge >= 0.3 is 0 Å². The third-order valence-corrected chi connectivity index (χ3v) is 2.40. The Morgan fingerprint density at radius 3 is 2.81 bits per heavy atom. The third kappa shape index (κ3) is 3.28. The molecule has 0 aromatic heterocycles. The minimum atomic E-state index is -0.211. The van der Waals surface area contributed by atoms with Crippen LogP contribution in [0.2, 0.25) is 5.02 Å². The van der Waals surface area contributed by atoms with Gasteiger partial charge in [-0.3, -0.25) is 4.79 Å². The normalized spacial score (nSPS) is 9.69. The summed E-state index contributed by atoms with van der Waals surface area (Å²) in [6, 6.07) is 5.01. The van der Waals surface area contributed by atoms with Gasteiger partial charge < -0.3 is 11.1 Å². The number of carbonyl (C=O) groups excluding carboxylic acids is 1. The summed E-state index contributed by atoms with van der Waals surface area (Å²) in [4.78, 5) is 11.7. The maximum atomic E-state index is 11.7. The van der Waals surface area contributed by atoms with Crippen LogP contribution >= 0.6 is 11.6 Å². The molecule has 0 heterocycles. The molecule has 1 aromatic rings. The van der Waals surface area contributed by atoms with Crippen molar-refractivity contribution in [2.24, 2.45) is 0 Å². The van der Waals surface area contributed by atoms with E-state index < -0.39 is 0 Å². The van der Waals surface area contributed by atoms with Gasteiger partial charge in [0.15, 0.2) is 0 Å². The molecule has 0 unspecified atom stereocenters. The highest BCUT2D eigenvalue weighted by Gasteiger charge is 2.10. The largest absolute Gasteiger partial charge is 0.397 e. The predicted molar refractivity (Wildman–Crippen MR) is 67.6 cm³/mol. The van der Waals surface area contributed by atoms with Gasteiger partial charge in [-0.25, -0.2) is 0 Å². The fourth-order valence-corrected chi connectivity index (χ4v) is 1.35. The van der Waals surface area contributed by atoms with Crippen LogP contribution in [0.4, 0.5) is 5.69 Å². The summed E-state index contributed by atoms with van der Waals surface area (Å²) >= 11 is 5.83. The SMILES string of the molecule is CC(C)=CCNC(=O)c1cccc(Cl)c1N. The van der Waals surface area contributed by atoms with Crippen molar-refractivity contribution in [1.29, 1.82) is 0 Å². The van der Waals surface area contributed by atoms with E-state index in [2.05, 4.69) is 5.32 Å². The van der Waals surface area contributed by atoms with E-state index in [4.69, 9.17) is 17.3 Å². The van der Waals surface area contributed by atoms with E-state index in [1.54, 1.807) is 18.2 Å². The van der Waals surface area contributed by atoms with Gasteiger partial charge in [-0.05, 0) is 26.0 Å². The van der Waals surface area contributed by atoms with Gasteiger partial charge in [0.05, 0.1) is 16.3 Å². The van der Waals surface area contributed by atoms with Crippen LogP contribution < -0.4 is 11.1 Å². The van der Waals surface area contributed by atoms with Gasteiger partial charge in [0.2, 0.25) is 0 Å². The van der Waals surface area contributed by atoms with E-state index in [0.717, 1.165) is 5.57 Å². The number of benzene rings is 1. The maximum absolute atomic E-state index is 11.7. The highest BCUT2D eigenvalue weighted by Crippen LogP contribution is 2.21. The maximum Gasteiger partial charge on any atom is 0.253 e. The molecule has 0 bridgehead atoms. The van der Waals surface area contributed by atoms with E-state index in [1.165, 1.54) is 0 Å². The molecule has 0 saturated heterocycles. The van der Waals surface area contributed by atoms with Crippen molar-refractivity contribution in [3.63, 3.8) is 0 Å². The second kappa shape index (κ2) is 5.56. The number of nitrogens with two attached hydrogens (primary N) is 1. The lowest BCUT2D eigenvalue weighted by atomic mass is 10.1. The number of hydrogen-bond donors (Lipinski definition) is 2. The summed E-state index contributed by atoms with van der Waals surface area (Å²) in [5.41, 5.74) is 7.59. The van der Waals surface area contributed by atoms with Gasteiger partial charge in [0, 0.05) is 6.54 Å². The van der Waals surface area contributed by atoms with Crippen molar-refractivity contribution in [3.05, 3.63) is 40.4 Å². The Kier molecular flexibility index (Phi) is 4.38. The molecule has 3 N–H and O–H groups in total. The van der Waals surface area contributed by atoms with Crippen molar-refractivity contribution in [1.82, 2.24) is 5.32 Å². The lowest BCUT2D eigenvalue weighted by Crippen LogP contribution is -2.24. The van der Waals surface area contributed by atoms with Gasteiger partial charge in [-0.15, -0.1) is 0 Å². The zero-order valence-corrected chi connectivity index (χ0v) is 10.1. The quantitative estimate of drug-likeness (QED) is 0.628. The van der Waals surface area contributed by atoms with Crippen LogP contribution in [0.3, 0.4) is 0 Å². The average molecular weight is 239 g/mol. The molecule has 1 aromatic carbocycles. The Hall–Kier alpha value is -1.48. The summed E-state index contributed by atoms with van der Waals surface area (Å²) in [5, 5.41) is 3.14. The van der Waals surface area contributed by atoms with Crippen molar-refractivity contribution in [2.75, 3.05) is 12.3 Å². The van der Waals surface area contributed by atoms with Crippen LogP contribution in [0, 0.1) is 0 Å². The Balaban J connectivity index is 2.74. The highest BCUT2D eigenvalue weighted by molar-refractivity contribution is 6.33. The zero-order chi connectivity index (χ0) is 12.1. The molecule has 0 atom stereocenters. The standard InChI is InChI=1S/C12H15ClN2O/c1-8(2)6-7-15-12(16)9-4-3-5-10(13)11(9)14/h3-6H,7,14H2,1-2H3,(H,15,16). The lowest BCUT2D eigenvalue weighted by molar-refractivity contribution is 0.0959.